The average Bonchev–Trinajstić information content (AvgIpc) is 3.17. The zero-order valence-corrected chi connectivity index (χ0v) is 53.4. The number of aliphatic hydroxyl groups is 8. The monoisotopic (exact) mass is 1190 g/mol. The summed E-state index contributed by atoms with van der Waals surface area (Å²) in [5.41, 5.74) is 0. The second-order valence-corrected chi connectivity index (χ2v) is 24.6. The number of rotatable bonds is 57. The van der Waals surface area contributed by atoms with E-state index in [4.69, 9.17) is 18.9 Å². The van der Waals surface area contributed by atoms with Gasteiger partial charge in [0.1, 0.15) is 48.8 Å². The van der Waals surface area contributed by atoms with Crippen LogP contribution in [0.2, 0.25) is 0 Å². The molecular weight excluding hydrogens is 1060 g/mol. The molecule has 2 aliphatic heterocycles. The summed E-state index contributed by atoms with van der Waals surface area (Å²) < 4.78 is 22.8. The van der Waals surface area contributed by atoms with Gasteiger partial charge in [-0.25, -0.2) is 0 Å². The zero-order chi connectivity index (χ0) is 60.9. The Morgan fingerprint density at radius 1 is 0.429 bits per heavy atom. The Morgan fingerprint density at radius 3 is 1.24 bits per heavy atom. The average molecular weight is 1190 g/mol. The SMILES string of the molecule is CCCCCCC/C=C\C/C=C\CCCCCCCCCCCCCCCCCCCCCCCC(=O)NC(COC1OC(CO)C(OC2OC(CO)C(O)C(O)C2O)C(O)C1O)C(O)/C=C/CC/C=C/CCCCCCCCCCCCC. The fourth-order valence-corrected chi connectivity index (χ4v) is 11.4. The van der Waals surface area contributed by atoms with Crippen molar-refractivity contribution in [2.24, 2.45) is 0 Å². The number of hydrogen-bond acceptors (Lipinski definition) is 13. The first-order chi connectivity index (χ1) is 41.1. The molecule has 0 aromatic heterocycles. The predicted molar refractivity (Wildman–Crippen MR) is 341 cm³/mol. The molecule has 9 N–H and O–H groups in total. The van der Waals surface area contributed by atoms with Gasteiger partial charge in [-0.2, -0.15) is 0 Å². The number of unbranched alkanes of at least 4 members (excludes halogenated alkanes) is 38. The largest absolute Gasteiger partial charge is 0.394 e. The van der Waals surface area contributed by atoms with Gasteiger partial charge < -0.3 is 65.1 Å². The van der Waals surface area contributed by atoms with E-state index >= 15 is 0 Å². The van der Waals surface area contributed by atoms with E-state index in [1.165, 1.54) is 225 Å². The number of carbonyl (C=O) groups is 1. The summed E-state index contributed by atoms with van der Waals surface area (Å²) in [4.78, 5) is 13.3. The van der Waals surface area contributed by atoms with Crippen molar-refractivity contribution in [1.82, 2.24) is 5.32 Å². The Morgan fingerprint density at radius 2 is 0.798 bits per heavy atom. The number of nitrogens with one attached hydrogen (secondary N) is 1. The molecule has 0 aromatic rings. The standard InChI is InChI=1S/C70H129NO13/c1-3-5-7-9-11-13-15-17-19-21-22-23-24-25-26-27-28-29-30-31-32-33-34-35-36-38-40-42-44-46-48-50-52-54-62(75)71-58(59(74)53-51-49-47-45-43-41-39-37-20-18-16-14-12-10-8-6-4-2)57-81-69-67(80)65(78)68(61(56-73)83-69)84-70-66(79)64(77)63(76)60(55-72)82-70/h15,17,21-22,43,45,51,53,58-61,63-70,72-74,76-80H,3-14,16,18-20,23-42,44,46-50,52,54-57H2,1-2H3,(H,71,75)/b17-15-,22-21-,45-43+,53-51+. The molecule has 0 bridgehead atoms. The van der Waals surface area contributed by atoms with E-state index in [1.54, 1.807) is 6.08 Å². The lowest BCUT2D eigenvalue weighted by Crippen LogP contribution is -2.65. The van der Waals surface area contributed by atoms with Crippen LogP contribution in [0.25, 0.3) is 0 Å². The highest BCUT2D eigenvalue weighted by molar-refractivity contribution is 5.76. The molecule has 1 amide bonds. The first-order valence-corrected chi connectivity index (χ1v) is 34.9. The molecule has 2 rings (SSSR count). The molecule has 12 unspecified atom stereocenters. The van der Waals surface area contributed by atoms with Crippen molar-refractivity contribution in [3.63, 3.8) is 0 Å². The van der Waals surface area contributed by atoms with Gasteiger partial charge in [-0.3, -0.25) is 4.79 Å². The minimum absolute atomic E-state index is 0.245. The van der Waals surface area contributed by atoms with Crippen molar-refractivity contribution >= 4 is 5.91 Å². The molecule has 84 heavy (non-hydrogen) atoms. The Labute approximate surface area is 512 Å². The maximum absolute atomic E-state index is 13.3. The fourth-order valence-electron chi connectivity index (χ4n) is 11.4. The second kappa shape index (κ2) is 55.1. The first-order valence-electron chi connectivity index (χ1n) is 34.9. The Hall–Kier alpha value is -2.05. The van der Waals surface area contributed by atoms with Gasteiger partial charge in [0.2, 0.25) is 5.91 Å². The normalized spacial score (nSPS) is 23.9. The summed E-state index contributed by atoms with van der Waals surface area (Å²) in [6.07, 6.45) is 54.6. The number of aliphatic hydroxyl groups excluding tert-OH is 8. The first kappa shape index (κ1) is 78.0. The minimum Gasteiger partial charge on any atom is -0.394 e. The molecule has 2 aliphatic rings. The van der Waals surface area contributed by atoms with Crippen molar-refractivity contribution in [2.75, 3.05) is 19.8 Å². The number of ether oxygens (including phenoxy) is 4. The maximum Gasteiger partial charge on any atom is 0.220 e. The number of amides is 1. The second-order valence-electron chi connectivity index (χ2n) is 24.6. The predicted octanol–water partition coefficient (Wildman–Crippen LogP) is 13.9. The van der Waals surface area contributed by atoms with Gasteiger partial charge >= 0.3 is 0 Å². The quantitative estimate of drug-likeness (QED) is 0.0204. The lowest BCUT2D eigenvalue weighted by atomic mass is 9.97. The van der Waals surface area contributed by atoms with Crippen LogP contribution in [0.15, 0.2) is 48.6 Å². The lowest BCUT2D eigenvalue weighted by molar-refractivity contribution is -0.359. The Balaban J connectivity index is 1.64. The van der Waals surface area contributed by atoms with Crippen LogP contribution in [0, 0.1) is 0 Å². The summed E-state index contributed by atoms with van der Waals surface area (Å²) in [5.74, 6) is -0.245. The van der Waals surface area contributed by atoms with E-state index in [2.05, 4.69) is 55.6 Å². The third-order valence-electron chi connectivity index (χ3n) is 17.0. The van der Waals surface area contributed by atoms with Crippen molar-refractivity contribution in [1.29, 1.82) is 0 Å². The topological polar surface area (TPSA) is 228 Å². The van der Waals surface area contributed by atoms with E-state index in [9.17, 15) is 45.6 Å². The van der Waals surface area contributed by atoms with E-state index < -0.39 is 86.8 Å². The maximum atomic E-state index is 13.3. The molecular formula is C70H129NO13. The molecule has 14 heteroatoms. The van der Waals surface area contributed by atoms with Crippen LogP contribution < -0.4 is 5.32 Å². The van der Waals surface area contributed by atoms with Crippen LogP contribution in [0.5, 0.6) is 0 Å². The van der Waals surface area contributed by atoms with Crippen LogP contribution in [0.1, 0.15) is 296 Å². The highest BCUT2D eigenvalue weighted by atomic mass is 16.7. The van der Waals surface area contributed by atoms with E-state index in [0.29, 0.717) is 12.8 Å². The number of carbonyl (C=O) groups excluding carboxylic acids is 1. The highest BCUT2D eigenvalue weighted by Gasteiger charge is 2.51. The number of allylic oxidation sites excluding steroid dienone is 7. The van der Waals surface area contributed by atoms with Gasteiger partial charge in [-0.05, 0) is 64.2 Å². The number of hydrogen-bond donors (Lipinski definition) is 9. The molecule has 0 spiro atoms. The van der Waals surface area contributed by atoms with Crippen LogP contribution in [0.3, 0.4) is 0 Å². The van der Waals surface area contributed by atoms with Gasteiger partial charge in [0.05, 0.1) is 32.0 Å². The fraction of sp³-hybridized carbons (Fsp3) is 0.871. The molecule has 2 heterocycles. The van der Waals surface area contributed by atoms with Gasteiger partial charge in [-0.1, -0.05) is 274 Å². The summed E-state index contributed by atoms with van der Waals surface area (Å²) in [6, 6.07) is -0.931. The van der Waals surface area contributed by atoms with Crippen LogP contribution in [-0.2, 0) is 23.7 Å². The van der Waals surface area contributed by atoms with Crippen molar-refractivity contribution in [3.8, 4) is 0 Å². The molecule has 12 atom stereocenters. The minimum atomic E-state index is -1.79. The third-order valence-corrected chi connectivity index (χ3v) is 17.0. The van der Waals surface area contributed by atoms with Crippen LogP contribution in [0.4, 0.5) is 0 Å². The van der Waals surface area contributed by atoms with Gasteiger partial charge in [0, 0.05) is 6.42 Å². The summed E-state index contributed by atoms with van der Waals surface area (Å²) in [5, 5.41) is 87.3. The molecule has 0 aromatic carbocycles. The summed E-state index contributed by atoms with van der Waals surface area (Å²) >= 11 is 0. The third kappa shape index (κ3) is 39.1. The van der Waals surface area contributed by atoms with Crippen molar-refractivity contribution in [3.05, 3.63) is 48.6 Å². The van der Waals surface area contributed by atoms with Gasteiger partial charge in [-0.15, -0.1) is 0 Å². The van der Waals surface area contributed by atoms with Gasteiger partial charge in [0.25, 0.3) is 0 Å². The molecule has 0 saturated carbocycles. The molecule has 0 aliphatic carbocycles. The van der Waals surface area contributed by atoms with Crippen LogP contribution in [-0.4, -0.2) is 140 Å². The van der Waals surface area contributed by atoms with Crippen molar-refractivity contribution < 1.29 is 64.6 Å². The van der Waals surface area contributed by atoms with E-state index in [1.807, 2.05) is 6.08 Å². The Kier molecular flexibility index (Phi) is 51.1. The van der Waals surface area contributed by atoms with Gasteiger partial charge in [0.15, 0.2) is 12.6 Å². The smallest absolute Gasteiger partial charge is 0.220 e. The molecule has 2 saturated heterocycles. The molecule has 492 valence electrons. The van der Waals surface area contributed by atoms with E-state index in [0.717, 1.165) is 38.5 Å². The van der Waals surface area contributed by atoms with E-state index in [-0.39, 0.29) is 18.9 Å². The van der Waals surface area contributed by atoms with Crippen LogP contribution >= 0.6 is 0 Å². The molecule has 2 fully saturated rings. The van der Waals surface area contributed by atoms with Crippen molar-refractivity contribution in [2.45, 2.75) is 370 Å². The lowest BCUT2D eigenvalue weighted by Gasteiger charge is -2.46. The zero-order valence-electron chi connectivity index (χ0n) is 53.4. The molecule has 14 nitrogen and oxygen atoms in total. The summed E-state index contributed by atoms with van der Waals surface area (Å²) in [7, 11) is 0. The summed E-state index contributed by atoms with van der Waals surface area (Å²) in [6.45, 7) is 2.80. The highest BCUT2D eigenvalue weighted by Crippen LogP contribution is 2.30. The molecule has 0 radical (unpaired) electrons. The Bertz CT molecular complexity index is 1590.